The number of aryl methyl sites for hydroxylation is 2. The van der Waals surface area contributed by atoms with E-state index in [1.165, 1.54) is 0 Å². The lowest BCUT2D eigenvalue weighted by molar-refractivity contribution is 0.0956. The lowest BCUT2D eigenvalue weighted by Gasteiger charge is -2.07. The molecule has 5 nitrogen and oxygen atoms in total. The zero-order valence-corrected chi connectivity index (χ0v) is 12.0. The maximum atomic E-state index is 11.6. The van der Waals surface area contributed by atoms with Crippen LogP contribution in [0.25, 0.3) is 0 Å². The molecule has 0 fully saturated rings. The number of amides is 1. The topological polar surface area (TPSA) is 67.2 Å². The van der Waals surface area contributed by atoms with Gasteiger partial charge < -0.3 is 15.2 Å². The molecule has 1 amide bonds. The Hall–Kier alpha value is -2.30. The Kier molecular flexibility index (Phi) is 4.40. The van der Waals surface area contributed by atoms with Gasteiger partial charge in [-0.15, -0.1) is 0 Å². The lowest BCUT2D eigenvalue weighted by atomic mass is 10.1. The molecule has 1 aromatic carbocycles. The Morgan fingerprint density at radius 3 is 2.50 bits per heavy atom. The van der Waals surface area contributed by atoms with E-state index in [-0.39, 0.29) is 5.91 Å². The first-order chi connectivity index (χ1) is 9.61. The zero-order chi connectivity index (χ0) is 14.5. The second-order valence-electron chi connectivity index (χ2n) is 4.59. The quantitative estimate of drug-likeness (QED) is 0.879. The highest BCUT2D eigenvalue weighted by Crippen LogP contribution is 2.15. The molecule has 1 aromatic heterocycles. The third kappa shape index (κ3) is 3.17. The van der Waals surface area contributed by atoms with E-state index in [2.05, 4.69) is 15.8 Å². The van der Waals surface area contributed by atoms with Crippen LogP contribution in [0.5, 0.6) is 0 Å². The standard InChI is InChI=1S/C15H19N3O2/c1-4-16-15(19)12-5-7-13(8-6-12)17-9-14-10(2)18-20-11(14)3/h5-8,17H,4,9H2,1-3H3,(H,16,19). The summed E-state index contributed by atoms with van der Waals surface area (Å²) >= 11 is 0. The summed E-state index contributed by atoms with van der Waals surface area (Å²) in [5, 5.41) is 9.98. The molecule has 0 aliphatic carbocycles. The van der Waals surface area contributed by atoms with E-state index in [1.54, 1.807) is 12.1 Å². The number of nitrogens with one attached hydrogen (secondary N) is 2. The molecule has 0 saturated carbocycles. The summed E-state index contributed by atoms with van der Waals surface area (Å²) in [7, 11) is 0. The predicted molar refractivity (Wildman–Crippen MR) is 77.8 cm³/mol. The zero-order valence-electron chi connectivity index (χ0n) is 12.0. The van der Waals surface area contributed by atoms with E-state index in [9.17, 15) is 4.79 Å². The van der Waals surface area contributed by atoms with Crippen molar-refractivity contribution in [1.29, 1.82) is 0 Å². The van der Waals surface area contributed by atoms with Crippen LogP contribution in [0.3, 0.4) is 0 Å². The number of hydrogen-bond acceptors (Lipinski definition) is 4. The molecule has 0 saturated heterocycles. The van der Waals surface area contributed by atoms with Crippen LogP contribution in [0.15, 0.2) is 28.8 Å². The van der Waals surface area contributed by atoms with Gasteiger partial charge in [-0.2, -0.15) is 0 Å². The minimum Gasteiger partial charge on any atom is -0.381 e. The maximum Gasteiger partial charge on any atom is 0.251 e. The smallest absolute Gasteiger partial charge is 0.251 e. The molecular formula is C15H19N3O2. The number of rotatable bonds is 5. The van der Waals surface area contributed by atoms with Gasteiger partial charge in [0.25, 0.3) is 5.91 Å². The number of carbonyl (C=O) groups excluding carboxylic acids is 1. The second-order valence-corrected chi connectivity index (χ2v) is 4.59. The number of benzene rings is 1. The highest BCUT2D eigenvalue weighted by atomic mass is 16.5. The van der Waals surface area contributed by atoms with Gasteiger partial charge in [0.15, 0.2) is 0 Å². The summed E-state index contributed by atoms with van der Waals surface area (Å²) in [6.45, 7) is 7.00. The molecule has 5 heteroatoms. The van der Waals surface area contributed by atoms with Gasteiger partial charge in [-0.1, -0.05) is 5.16 Å². The fraction of sp³-hybridized carbons (Fsp3) is 0.333. The third-order valence-corrected chi connectivity index (χ3v) is 3.13. The van der Waals surface area contributed by atoms with E-state index in [0.717, 1.165) is 22.7 Å². The van der Waals surface area contributed by atoms with Crippen molar-refractivity contribution in [2.75, 3.05) is 11.9 Å². The largest absolute Gasteiger partial charge is 0.381 e. The van der Waals surface area contributed by atoms with Crippen molar-refractivity contribution < 1.29 is 9.32 Å². The molecule has 106 valence electrons. The lowest BCUT2D eigenvalue weighted by Crippen LogP contribution is -2.22. The monoisotopic (exact) mass is 273 g/mol. The fourth-order valence-corrected chi connectivity index (χ4v) is 1.95. The van der Waals surface area contributed by atoms with Crippen LogP contribution < -0.4 is 10.6 Å². The molecule has 0 atom stereocenters. The van der Waals surface area contributed by atoms with Gasteiger partial charge in [-0.25, -0.2) is 0 Å². The molecular weight excluding hydrogens is 254 g/mol. The van der Waals surface area contributed by atoms with E-state index in [0.29, 0.717) is 18.7 Å². The average molecular weight is 273 g/mol. The molecule has 2 aromatic rings. The molecule has 0 bridgehead atoms. The van der Waals surface area contributed by atoms with Gasteiger partial charge in [-0.3, -0.25) is 4.79 Å². The number of nitrogens with zero attached hydrogens (tertiary/aromatic N) is 1. The molecule has 0 unspecified atom stereocenters. The Balaban J connectivity index is 1.99. The number of aromatic nitrogens is 1. The molecule has 0 aliphatic heterocycles. The van der Waals surface area contributed by atoms with Crippen LogP contribution >= 0.6 is 0 Å². The number of carbonyl (C=O) groups is 1. The molecule has 1 heterocycles. The van der Waals surface area contributed by atoms with Crippen LogP contribution in [0, 0.1) is 13.8 Å². The van der Waals surface area contributed by atoms with Crippen molar-refractivity contribution in [3.8, 4) is 0 Å². The van der Waals surface area contributed by atoms with E-state index >= 15 is 0 Å². The second kappa shape index (κ2) is 6.23. The fourth-order valence-electron chi connectivity index (χ4n) is 1.95. The third-order valence-electron chi connectivity index (χ3n) is 3.13. The van der Waals surface area contributed by atoms with E-state index in [4.69, 9.17) is 4.52 Å². The summed E-state index contributed by atoms with van der Waals surface area (Å²) in [5.41, 5.74) is 3.58. The van der Waals surface area contributed by atoms with Crippen molar-refractivity contribution in [3.05, 3.63) is 46.8 Å². The minimum absolute atomic E-state index is 0.0511. The van der Waals surface area contributed by atoms with Crippen molar-refractivity contribution >= 4 is 11.6 Å². The van der Waals surface area contributed by atoms with E-state index in [1.807, 2.05) is 32.9 Å². The first kappa shape index (κ1) is 14.1. The van der Waals surface area contributed by atoms with Crippen LogP contribution in [-0.2, 0) is 6.54 Å². The number of hydrogen-bond donors (Lipinski definition) is 2. The number of anilines is 1. The molecule has 0 aliphatic rings. The van der Waals surface area contributed by atoms with Gasteiger partial charge in [0.1, 0.15) is 5.76 Å². The highest BCUT2D eigenvalue weighted by Gasteiger charge is 2.08. The van der Waals surface area contributed by atoms with Gasteiger partial charge in [0.05, 0.1) is 5.69 Å². The van der Waals surface area contributed by atoms with Crippen molar-refractivity contribution in [2.24, 2.45) is 0 Å². The average Bonchev–Trinajstić information content (AvgIpc) is 2.77. The Morgan fingerprint density at radius 2 is 1.95 bits per heavy atom. The summed E-state index contributed by atoms with van der Waals surface area (Å²) in [6, 6.07) is 7.40. The Morgan fingerprint density at radius 1 is 1.25 bits per heavy atom. The minimum atomic E-state index is -0.0511. The molecule has 0 spiro atoms. The van der Waals surface area contributed by atoms with Gasteiger partial charge in [-0.05, 0) is 45.0 Å². The first-order valence-corrected chi connectivity index (χ1v) is 6.65. The van der Waals surface area contributed by atoms with Crippen molar-refractivity contribution in [3.63, 3.8) is 0 Å². The van der Waals surface area contributed by atoms with Gasteiger partial charge >= 0.3 is 0 Å². The summed E-state index contributed by atoms with van der Waals surface area (Å²) < 4.78 is 5.12. The van der Waals surface area contributed by atoms with E-state index < -0.39 is 0 Å². The predicted octanol–water partition coefficient (Wildman–Crippen LogP) is 2.65. The van der Waals surface area contributed by atoms with Crippen LogP contribution in [-0.4, -0.2) is 17.6 Å². The first-order valence-electron chi connectivity index (χ1n) is 6.65. The van der Waals surface area contributed by atoms with Crippen molar-refractivity contribution in [2.45, 2.75) is 27.3 Å². The van der Waals surface area contributed by atoms with Crippen LogP contribution in [0.2, 0.25) is 0 Å². The molecule has 2 N–H and O–H groups in total. The van der Waals surface area contributed by atoms with Gasteiger partial charge in [0.2, 0.25) is 0 Å². The summed E-state index contributed by atoms with van der Waals surface area (Å²) in [5.74, 6) is 0.777. The Bertz CT molecular complexity index is 568. The van der Waals surface area contributed by atoms with Gasteiger partial charge in [0, 0.05) is 29.9 Å². The summed E-state index contributed by atoms with van der Waals surface area (Å²) in [6.07, 6.45) is 0. The van der Waals surface area contributed by atoms with Crippen LogP contribution in [0.1, 0.15) is 34.3 Å². The maximum absolute atomic E-state index is 11.6. The molecule has 20 heavy (non-hydrogen) atoms. The normalized spacial score (nSPS) is 10.3. The SMILES string of the molecule is CCNC(=O)c1ccc(NCc2c(C)noc2C)cc1. The van der Waals surface area contributed by atoms with Crippen LogP contribution in [0.4, 0.5) is 5.69 Å². The Labute approximate surface area is 118 Å². The van der Waals surface area contributed by atoms with Crippen molar-refractivity contribution in [1.82, 2.24) is 10.5 Å². The molecule has 2 rings (SSSR count). The molecule has 0 radical (unpaired) electrons. The highest BCUT2D eigenvalue weighted by molar-refractivity contribution is 5.94. The summed E-state index contributed by atoms with van der Waals surface area (Å²) in [4.78, 5) is 11.6.